The molecule has 0 bridgehead atoms. The van der Waals surface area contributed by atoms with Crippen LogP contribution in [0.5, 0.6) is 0 Å². The number of likely N-dealkylation sites (N-methyl/N-ethyl adjacent to an activating group) is 1. The molecule has 0 aliphatic heterocycles. The minimum atomic E-state index is -0.0917. The zero-order valence-electron chi connectivity index (χ0n) is 15.4. The van der Waals surface area contributed by atoms with E-state index in [2.05, 4.69) is 22.8 Å². The first-order valence-electron chi connectivity index (χ1n) is 9.09. The lowest BCUT2D eigenvalue weighted by Crippen LogP contribution is -3.08. The van der Waals surface area contributed by atoms with E-state index in [1.54, 1.807) is 7.05 Å². The second-order valence-corrected chi connectivity index (χ2v) is 6.97. The van der Waals surface area contributed by atoms with Crippen LogP contribution in [0.1, 0.15) is 33.5 Å². The van der Waals surface area contributed by atoms with Crippen molar-refractivity contribution in [3.05, 3.63) is 64.7 Å². The molecule has 1 atom stereocenters. The summed E-state index contributed by atoms with van der Waals surface area (Å²) in [5, 5.41) is 5.62. The normalized spacial score (nSPS) is 13.8. The molecule has 0 aromatic heterocycles. The van der Waals surface area contributed by atoms with Crippen LogP contribution in [0.25, 0.3) is 0 Å². The molecule has 0 spiro atoms. The quantitative estimate of drug-likeness (QED) is 0.731. The van der Waals surface area contributed by atoms with Crippen molar-refractivity contribution in [2.75, 3.05) is 26.0 Å². The van der Waals surface area contributed by atoms with Crippen LogP contribution in [0, 0.1) is 0 Å². The van der Waals surface area contributed by atoms with Gasteiger partial charge in [-0.15, -0.1) is 0 Å². The van der Waals surface area contributed by atoms with Crippen LogP contribution >= 0.6 is 0 Å². The number of fused-ring (bicyclic) bond motifs is 1. The summed E-state index contributed by atoms with van der Waals surface area (Å²) in [7, 11) is 3.61. The van der Waals surface area contributed by atoms with Crippen molar-refractivity contribution in [3.63, 3.8) is 0 Å². The molecular formula is C21H26N3O2+. The Morgan fingerprint density at radius 2 is 1.77 bits per heavy atom. The second kappa shape index (κ2) is 8.15. The predicted molar refractivity (Wildman–Crippen MR) is 102 cm³/mol. The van der Waals surface area contributed by atoms with E-state index in [0.29, 0.717) is 12.1 Å². The van der Waals surface area contributed by atoms with E-state index in [1.165, 1.54) is 17.5 Å². The van der Waals surface area contributed by atoms with Crippen LogP contribution in [-0.4, -0.2) is 32.5 Å². The molecule has 1 aliphatic rings. The van der Waals surface area contributed by atoms with Gasteiger partial charge in [0.2, 0.25) is 0 Å². The number of hydrogen-bond donors (Lipinski definition) is 3. The van der Waals surface area contributed by atoms with E-state index in [0.717, 1.165) is 35.5 Å². The van der Waals surface area contributed by atoms with Gasteiger partial charge < -0.3 is 15.5 Å². The zero-order valence-corrected chi connectivity index (χ0v) is 15.4. The van der Waals surface area contributed by atoms with Crippen molar-refractivity contribution in [3.8, 4) is 0 Å². The van der Waals surface area contributed by atoms with Crippen molar-refractivity contribution >= 4 is 17.5 Å². The maximum Gasteiger partial charge on any atom is 0.279 e. The fourth-order valence-electron chi connectivity index (χ4n) is 3.46. The first kappa shape index (κ1) is 18.1. The number of carbonyl (C=O) groups excluding carboxylic acids is 2. The highest BCUT2D eigenvalue weighted by Gasteiger charge is 2.14. The van der Waals surface area contributed by atoms with E-state index in [1.807, 2.05) is 37.4 Å². The van der Waals surface area contributed by atoms with Gasteiger partial charge in [-0.2, -0.15) is 0 Å². The van der Waals surface area contributed by atoms with Crippen molar-refractivity contribution in [1.29, 1.82) is 0 Å². The molecule has 0 saturated carbocycles. The number of anilines is 1. The van der Waals surface area contributed by atoms with Crippen LogP contribution in [-0.2, 0) is 24.2 Å². The summed E-state index contributed by atoms with van der Waals surface area (Å²) in [5.74, 6) is -0.0756. The number of rotatable bonds is 6. The first-order chi connectivity index (χ1) is 12.5. The average Bonchev–Trinajstić information content (AvgIpc) is 3.09. The van der Waals surface area contributed by atoms with Gasteiger partial charge in [-0.3, -0.25) is 9.59 Å². The van der Waals surface area contributed by atoms with E-state index in [9.17, 15) is 9.59 Å². The summed E-state index contributed by atoms with van der Waals surface area (Å²) in [6.07, 6.45) is 3.46. The Hall–Kier alpha value is -2.66. The number of amides is 2. The Labute approximate surface area is 154 Å². The molecule has 5 heteroatoms. The SMILES string of the molecule is CNC(=O)c1ccc(C[NH+](C)CC(=O)Nc2ccc3c(c2)CCC3)cc1. The van der Waals surface area contributed by atoms with Crippen LogP contribution < -0.4 is 15.5 Å². The molecule has 1 unspecified atom stereocenters. The fourth-order valence-corrected chi connectivity index (χ4v) is 3.46. The molecule has 1 aliphatic carbocycles. The third kappa shape index (κ3) is 4.49. The highest BCUT2D eigenvalue weighted by Crippen LogP contribution is 2.24. The van der Waals surface area contributed by atoms with Gasteiger partial charge in [0.25, 0.3) is 11.8 Å². The molecule has 3 rings (SSSR count). The average molecular weight is 352 g/mol. The molecule has 136 valence electrons. The van der Waals surface area contributed by atoms with Crippen molar-refractivity contribution in [1.82, 2.24) is 5.32 Å². The summed E-state index contributed by atoms with van der Waals surface area (Å²) in [6.45, 7) is 1.12. The summed E-state index contributed by atoms with van der Waals surface area (Å²) < 4.78 is 0. The molecule has 0 radical (unpaired) electrons. The third-order valence-electron chi connectivity index (χ3n) is 4.79. The maximum atomic E-state index is 12.3. The van der Waals surface area contributed by atoms with Gasteiger partial charge in [-0.25, -0.2) is 0 Å². The van der Waals surface area contributed by atoms with E-state index in [-0.39, 0.29) is 11.8 Å². The number of nitrogens with one attached hydrogen (secondary N) is 3. The first-order valence-corrected chi connectivity index (χ1v) is 9.09. The van der Waals surface area contributed by atoms with E-state index < -0.39 is 0 Å². The monoisotopic (exact) mass is 352 g/mol. The Bertz CT molecular complexity index is 799. The Morgan fingerprint density at radius 1 is 1.04 bits per heavy atom. The minimum Gasteiger partial charge on any atom is -0.355 e. The molecular weight excluding hydrogens is 326 g/mol. The number of quaternary nitrogens is 1. The van der Waals surface area contributed by atoms with Gasteiger partial charge >= 0.3 is 0 Å². The molecule has 5 nitrogen and oxygen atoms in total. The molecule has 0 heterocycles. The molecule has 2 amide bonds. The Balaban J connectivity index is 1.52. The molecule has 0 saturated heterocycles. The molecule has 0 fully saturated rings. The van der Waals surface area contributed by atoms with Crippen molar-refractivity contribution in [2.24, 2.45) is 0 Å². The predicted octanol–water partition coefficient (Wildman–Crippen LogP) is 1.19. The van der Waals surface area contributed by atoms with E-state index >= 15 is 0 Å². The van der Waals surface area contributed by atoms with Gasteiger partial charge in [0.05, 0.1) is 7.05 Å². The number of benzene rings is 2. The van der Waals surface area contributed by atoms with Gasteiger partial charge in [0.1, 0.15) is 6.54 Å². The Kier molecular flexibility index (Phi) is 5.68. The maximum absolute atomic E-state index is 12.3. The smallest absolute Gasteiger partial charge is 0.279 e. The molecule has 3 N–H and O–H groups in total. The number of carbonyl (C=O) groups is 2. The summed E-state index contributed by atoms with van der Waals surface area (Å²) in [6, 6.07) is 13.7. The number of hydrogen-bond acceptors (Lipinski definition) is 2. The minimum absolute atomic E-state index is 0.0161. The van der Waals surface area contributed by atoms with Gasteiger partial charge in [0, 0.05) is 23.9 Å². The highest BCUT2D eigenvalue weighted by atomic mass is 16.2. The topological polar surface area (TPSA) is 62.6 Å². The number of aryl methyl sites for hydroxylation is 2. The summed E-state index contributed by atoms with van der Waals surface area (Å²) >= 11 is 0. The molecule has 26 heavy (non-hydrogen) atoms. The van der Waals surface area contributed by atoms with E-state index in [4.69, 9.17) is 0 Å². The zero-order chi connectivity index (χ0) is 18.5. The lowest BCUT2D eigenvalue weighted by Gasteiger charge is -2.14. The van der Waals surface area contributed by atoms with Crippen LogP contribution in [0.4, 0.5) is 5.69 Å². The lowest BCUT2D eigenvalue weighted by molar-refractivity contribution is -0.885. The van der Waals surface area contributed by atoms with Crippen LogP contribution in [0.2, 0.25) is 0 Å². The third-order valence-corrected chi connectivity index (χ3v) is 4.79. The second-order valence-electron chi connectivity index (χ2n) is 6.97. The van der Waals surface area contributed by atoms with Crippen molar-refractivity contribution in [2.45, 2.75) is 25.8 Å². The Morgan fingerprint density at radius 3 is 2.50 bits per heavy atom. The van der Waals surface area contributed by atoms with Gasteiger partial charge in [0.15, 0.2) is 6.54 Å². The summed E-state index contributed by atoms with van der Waals surface area (Å²) in [4.78, 5) is 25.0. The molecule has 2 aromatic rings. The van der Waals surface area contributed by atoms with Gasteiger partial charge in [-0.1, -0.05) is 18.2 Å². The standard InChI is InChI=1S/C21H25N3O2/c1-22-21(26)17-8-6-15(7-9-17)13-24(2)14-20(25)23-19-11-10-16-4-3-5-18(16)12-19/h6-12H,3-5,13-14H2,1-2H3,(H,22,26)(H,23,25)/p+1. The van der Waals surface area contributed by atoms with Crippen LogP contribution in [0.15, 0.2) is 42.5 Å². The van der Waals surface area contributed by atoms with Crippen LogP contribution in [0.3, 0.4) is 0 Å². The largest absolute Gasteiger partial charge is 0.355 e. The molecule has 2 aromatic carbocycles. The van der Waals surface area contributed by atoms with Crippen molar-refractivity contribution < 1.29 is 14.5 Å². The fraction of sp³-hybridized carbons (Fsp3) is 0.333. The van der Waals surface area contributed by atoms with Gasteiger partial charge in [-0.05, 0) is 54.7 Å². The lowest BCUT2D eigenvalue weighted by atomic mass is 10.1. The highest BCUT2D eigenvalue weighted by molar-refractivity contribution is 5.94. The summed E-state index contributed by atoms with van der Waals surface area (Å²) in [5.41, 5.74) is 5.40.